The van der Waals surface area contributed by atoms with Crippen LogP contribution in [0.1, 0.15) is 73.8 Å². The van der Waals surface area contributed by atoms with E-state index >= 15 is 0 Å². The predicted octanol–water partition coefficient (Wildman–Crippen LogP) is 9.06. The van der Waals surface area contributed by atoms with Crippen molar-refractivity contribution in [3.8, 4) is 11.5 Å². The standard InChI is InChI=1S/C37H46ClN3O2.2ClH/c1-23-13-25-18-29(14-23)36-33(19-25)40-32-22-30(38)5-6-31(32)37(36)39-9-4-10-41-11-7-24(8-12-41)15-26-16-27-20-34(42-2)35(43-3)21-28(27)17-26;;/h5-6,13,20-22,24-26,29H,4,7-12,14-19H2,1-3H3,(H,39,40);2*1H. The summed E-state index contributed by atoms with van der Waals surface area (Å²) in [6, 6.07) is 10.6. The smallest absolute Gasteiger partial charge is 0.161 e. The van der Waals surface area contributed by atoms with Gasteiger partial charge in [0.15, 0.2) is 11.5 Å². The van der Waals surface area contributed by atoms with Gasteiger partial charge in [0, 0.05) is 33.9 Å². The normalized spacial score (nSPS) is 21.3. The number of ether oxygens (including phenoxy) is 2. The third-order valence-corrected chi connectivity index (χ3v) is 10.9. The van der Waals surface area contributed by atoms with Crippen molar-refractivity contribution >= 4 is 53.0 Å². The molecule has 5 nitrogen and oxygen atoms in total. The van der Waals surface area contributed by atoms with E-state index in [4.69, 9.17) is 26.1 Å². The van der Waals surface area contributed by atoms with Crippen LogP contribution in [0, 0.1) is 17.8 Å². The average Bonchev–Trinajstić information content (AvgIpc) is 3.39. The number of halogens is 3. The molecule has 2 atom stereocenters. The fourth-order valence-electron chi connectivity index (χ4n) is 8.71. The molecule has 8 heteroatoms. The van der Waals surface area contributed by atoms with Crippen LogP contribution in [0.25, 0.3) is 10.9 Å². The second kappa shape index (κ2) is 14.7. The minimum atomic E-state index is 0. The number of pyridine rings is 1. The molecular formula is C37H48Cl3N3O2. The van der Waals surface area contributed by atoms with Gasteiger partial charge in [-0.2, -0.15) is 0 Å². The third-order valence-electron chi connectivity index (χ3n) is 10.7. The minimum absolute atomic E-state index is 0. The summed E-state index contributed by atoms with van der Waals surface area (Å²) in [6.45, 7) is 6.92. The Labute approximate surface area is 286 Å². The zero-order valence-electron chi connectivity index (χ0n) is 26.9. The molecule has 3 aliphatic carbocycles. The van der Waals surface area contributed by atoms with E-state index in [2.05, 4.69) is 41.4 Å². The Kier molecular flexibility index (Phi) is 11.2. The SMILES string of the molecule is COc1cc2c(cc1OC)CC(CC1CCN(CCCNc3c4c(nc5cc(Cl)ccc35)CC3C=C(C)CC4C3)CC1)C2.Cl.Cl. The van der Waals surface area contributed by atoms with E-state index in [0.29, 0.717) is 11.8 Å². The molecule has 7 rings (SSSR count). The molecule has 1 fully saturated rings. The van der Waals surface area contributed by atoms with Gasteiger partial charge in [-0.25, -0.2) is 0 Å². The number of aromatic nitrogens is 1. The summed E-state index contributed by atoms with van der Waals surface area (Å²) in [5, 5.41) is 5.91. The lowest BCUT2D eigenvalue weighted by Gasteiger charge is -2.36. The number of allylic oxidation sites excluding steroid dienone is 2. The van der Waals surface area contributed by atoms with E-state index in [1.54, 1.807) is 14.2 Å². The summed E-state index contributed by atoms with van der Waals surface area (Å²) >= 11 is 6.40. The highest BCUT2D eigenvalue weighted by Crippen LogP contribution is 2.47. The third kappa shape index (κ3) is 7.22. The van der Waals surface area contributed by atoms with Gasteiger partial charge >= 0.3 is 0 Å². The molecule has 2 unspecified atom stereocenters. The number of hydrogen-bond donors (Lipinski definition) is 1. The van der Waals surface area contributed by atoms with Crippen LogP contribution in [0.3, 0.4) is 0 Å². The van der Waals surface area contributed by atoms with Crippen molar-refractivity contribution in [2.45, 2.75) is 70.6 Å². The van der Waals surface area contributed by atoms with Gasteiger partial charge in [-0.3, -0.25) is 4.98 Å². The second-order valence-electron chi connectivity index (χ2n) is 13.7. The van der Waals surface area contributed by atoms with Crippen LogP contribution in [0.5, 0.6) is 11.5 Å². The topological polar surface area (TPSA) is 46.6 Å². The Morgan fingerprint density at radius 1 is 0.933 bits per heavy atom. The number of hydrogen-bond acceptors (Lipinski definition) is 5. The quantitative estimate of drug-likeness (QED) is 0.182. The molecular weight excluding hydrogens is 625 g/mol. The van der Waals surface area contributed by atoms with Gasteiger partial charge in [-0.15, -0.1) is 24.8 Å². The Morgan fingerprint density at radius 2 is 1.64 bits per heavy atom. The maximum absolute atomic E-state index is 6.40. The highest BCUT2D eigenvalue weighted by molar-refractivity contribution is 6.31. The lowest BCUT2D eigenvalue weighted by atomic mass is 9.71. The summed E-state index contributed by atoms with van der Waals surface area (Å²) in [5.74, 6) is 4.52. The molecule has 0 amide bonds. The lowest BCUT2D eigenvalue weighted by Crippen LogP contribution is -2.35. The zero-order chi connectivity index (χ0) is 29.5. The number of nitrogens with zero attached hydrogens (tertiary/aromatic N) is 2. The van der Waals surface area contributed by atoms with Crippen LogP contribution in [0.15, 0.2) is 42.0 Å². The number of anilines is 1. The second-order valence-corrected chi connectivity index (χ2v) is 14.1. The molecule has 3 aromatic rings. The van der Waals surface area contributed by atoms with Crippen molar-refractivity contribution in [2.24, 2.45) is 17.8 Å². The van der Waals surface area contributed by atoms with Gasteiger partial charge in [0.25, 0.3) is 0 Å². The zero-order valence-corrected chi connectivity index (χ0v) is 29.3. The van der Waals surface area contributed by atoms with Gasteiger partial charge in [0.2, 0.25) is 0 Å². The van der Waals surface area contributed by atoms with Gasteiger partial charge in [-0.1, -0.05) is 23.3 Å². The molecule has 244 valence electrons. The van der Waals surface area contributed by atoms with Gasteiger partial charge in [0.1, 0.15) is 0 Å². The Balaban J connectivity index is 0.00000200. The number of methoxy groups -OCH3 is 2. The maximum atomic E-state index is 6.40. The molecule has 1 aromatic heterocycles. The molecule has 1 aliphatic heterocycles. The number of rotatable bonds is 9. The summed E-state index contributed by atoms with van der Waals surface area (Å²) in [4.78, 5) is 7.84. The summed E-state index contributed by atoms with van der Waals surface area (Å²) in [6.07, 6.45) is 13.5. The van der Waals surface area contributed by atoms with E-state index in [9.17, 15) is 0 Å². The Morgan fingerprint density at radius 3 is 2.33 bits per heavy atom. The number of piperidine rings is 1. The first-order valence-electron chi connectivity index (χ1n) is 16.5. The van der Waals surface area contributed by atoms with Gasteiger partial charge < -0.3 is 19.7 Å². The van der Waals surface area contributed by atoms with E-state index < -0.39 is 0 Å². The fourth-order valence-corrected chi connectivity index (χ4v) is 8.88. The van der Waals surface area contributed by atoms with Gasteiger partial charge in [0.05, 0.1) is 19.7 Å². The van der Waals surface area contributed by atoms with Crippen LogP contribution >= 0.6 is 36.4 Å². The van der Waals surface area contributed by atoms with E-state index in [1.165, 1.54) is 97.2 Å². The number of benzene rings is 2. The lowest BCUT2D eigenvalue weighted by molar-refractivity contribution is 0.167. The maximum Gasteiger partial charge on any atom is 0.161 e. The molecule has 2 heterocycles. The minimum Gasteiger partial charge on any atom is -0.493 e. The van der Waals surface area contributed by atoms with Crippen LogP contribution in [0.2, 0.25) is 5.02 Å². The Bertz CT molecular complexity index is 1500. The van der Waals surface area contributed by atoms with E-state index in [1.807, 2.05) is 12.1 Å². The highest BCUT2D eigenvalue weighted by atomic mass is 35.5. The molecule has 2 bridgehead atoms. The number of likely N-dealkylation sites (tertiary alicyclic amines) is 1. The first-order valence-corrected chi connectivity index (χ1v) is 16.8. The fraction of sp³-hybridized carbons (Fsp3) is 0.541. The van der Waals surface area contributed by atoms with Crippen molar-refractivity contribution in [2.75, 3.05) is 45.7 Å². The molecule has 45 heavy (non-hydrogen) atoms. The molecule has 0 radical (unpaired) electrons. The first kappa shape index (κ1) is 34.2. The van der Waals surface area contributed by atoms with Crippen LogP contribution in [-0.2, 0) is 19.3 Å². The largest absolute Gasteiger partial charge is 0.493 e. The first-order chi connectivity index (χ1) is 21.0. The molecule has 1 N–H and O–H groups in total. The Hall–Kier alpha value is -2.18. The average molecular weight is 673 g/mol. The van der Waals surface area contributed by atoms with Crippen LogP contribution in [-0.4, -0.2) is 50.3 Å². The number of fused-ring (bicyclic) bond motifs is 6. The van der Waals surface area contributed by atoms with Gasteiger partial charge in [-0.05, 0) is 149 Å². The summed E-state index contributed by atoms with van der Waals surface area (Å²) in [5.41, 5.74) is 9.55. The molecule has 0 saturated carbocycles. The van der Waals surface area contributed by atoms with E-state index in [0.717, 1.165) is 59.7 Å². The molecule has 4 aliphatic rings. The summed E-state index contributed by atoms with van der Waals surface area (Å²) < 4.78 is 11.1. The van der Waals surface area contributed by atoms with Crippen molar-refractivity contribution < 1.29 is 9.47 Å². The number of nitrogens with one attached hydrogen (secondary N) is 1. The molecule has 2 aromatic carbocycles. The predicted molar refractivity (Wildman–Crippen MR) is 192 cm³/mol. The van der Waals surface area contributed by atoms with Crippen molar-refractivity contribution in [1.29, 1.82) is 0 Å². The van der Waals surface area contributed by atoms with Crippen molar-refractivity contribution in [3.63, 3.8) is 0 Å². The van der Waals surface area contributed by atoms with Crippen LogP contribution in [0.4, 0.5) is 5.69 Å². The monoisotopic (exact) mass is 671 g/mol. The molecule has 0 spiro atoms. The van der Waals surface area contributed by atoms with Crippen molar-refractivity contribution in [3.05, 3.63) is 69.4 Å². The van der Waals surface area contributed by atoms with Crippen LogP contribution < -0.4 is 14.8 Å². The van der Waals surface area contributed by atoms with Crippen molar-refractivity contribution in [1.82, 2.24) is 9.88 Å². The highest BCUT2D eigenvalue weighted by Gasteiger charge is 2.33. The molecule has 1 saturated heterocycles. The summed E-state index contributed by atoms with van der Waals surface area (Å²) in [7, 11) is 3.46. The van der Waals surface area contributed by atoms with E-state index in [-0.39, 0.29) is 24.8 Å².